The molecule has 0 amide bonds. The molecule has 0 aliphatic heterocycles. The van der Waals surface area contributed by atoms with Crippen LogP contribution in [0.1, 0.15) is 0 Å². The van der Waals surface area contributed by atoms with Crippen LogP contribution in [0, 0.1) is 0 Å². The Balaban J connectivity index is 0. The quantitative estimate of drug-likeness (QED) is 0.442. The molecule has 1 rings (SSSR count). The standard InChI is InChI=1S/C6H6O6S2.2Ag/c7-13(8,9)5-2-1-3-6(4-5)14(10,11)12;;/h1-4H,(H,7,8,9)(H,10,11,12);;/q;2*+1/p-2. The molecule has 0 aliphatic carbocycles. The minimum absolute atomic E-state index is 0. The Hall–Kier alpha value is 0.521. The van der Waals surface area contributed by atoms with E-state index in [0.29, 0.717) is 6.07 Å². The van der Waals surface area contributed by atoms with E-state index in [-0.39, 0.29) is 44.8 Å². The van der Waals surface area contributed by atoms with Crippen LogP contribution in [0.15, 0.2) is 34.1 Å². The molecule has 1 aromatic rings. The summed E-state index contributed by atoms with van der Waals surface area (Å²) < 4.78 is 62.8. The molecule has 0 aromatic heterocycles. The van der Waals surface area contributed by atoms with Crippen LogP contribution >= 0.6 is 0 Å². The summed E-state index contributed by atoms with van der Waals surface area (Å²) >= 11 is 0. The zero-order valence-corrected chi connectivity index (χ0v) is 11.8. The van der Waals surface area contributed by atoms with Crippen LogP contribution < -0.4 is 0 Å². The molecule has 16 heavy (non-hydrogen) atoms. The fourth-order valence-electron chi connectivity index (χ4n) is 0.785. The zero-order chi connectivity index (χ0) is 11.0. The van der Waals surface area contributed by atoms with Crippen molar-refractivity contribution in [1.29, 1.82) is 0 Å². The van der Waals surface area contributed by atoms with Gasteiger partial charge in [-0.3, -0.25) is 0 Å². The van der Waals surface area contributed by atoms with Gasteiger partial charge < -0.3 is 9.11 Å². The third kappa shape index (κ3) is 5.23. The predicted molar refractivity (Wildman–Crippen MR) is 42.4 cm³/mol. The smallest absolute Gasteiger partial charge is 0.744 e. The average molecular weight is 452 g/mol. The molecular weight excluding hydrogens is 448 g/mol. The van der Waals surface area contributed by atoms with E-state index >= 15 is 0 Å². The average Bonchev–Trinajstić information content (AvgIpc) is 2.01. The molecule has 6 nitrogen and oxygen atoms in total. The van der Waals surface area contributed by atoms with Gasteiger partial charge in [0.05, 0.1) is 9.79 Å². The normalized spacial score (nSPS) is 11.1. The molecule has 0 radical (unpaired) electrons. The van der Waals surface area contributed by atoms with Gasteiger partial charge in [0.1, 0.15) is 20.2 Å². The maximum atomic E-state index is 10.5. The van der Waals surface area contributed by atoms with Crippen LogP contribution in [0.2, 0.25) is 0 Å². The second kappa shape index (κ2) is 6.45. The van der Waals surface area contributed by atoms with E-state index < -0.39 is 30.0 Å². The van der Waals surface area contributed by atoms with Gasteiger partial charge in [-0.2, -0.15) is 0 Å². The number of rotatable bonds is 2. The van der Waals surface area contributed by atoms with Gasteiger partial charge in [-0.25, -0.2) is 16.8 Å². The Kier molecular flexibility index (Phi) is 7.61. The van der Waals surface area contributed by atoms with Crippen molar-refractivity contribution in [2.24, 2.45) is 0 Å². The van der Waals surface area contributed by atoms with Crippen LogP contribution in [-0.4, -0.2) is 25.9 Å². The Morgan fingerprint density at radius 2 is 1.12 bits per heavy atom. The third-order valence-corrected chi connectivity index (χ3v) is 3.05. The van der Waals surface area contributed by atoms with Gasteiger partial charge in [0.15, 0.2) is 0 Å². The molecule has 0 N–H and O–H groups in total. The van der Waals surface area contributed by atoms with Crippen molar-refractivity contribution >= 4 is 20.2 Å². The van der Waals surface area contributed by atoms with Gasteiger partial charge >= 0.3 is 44.8 Å². The summed E-state index contributed by atoms with van der Waals surface area (Å²) in [5, 5.41) is 0. The van der Waals surface area contributed by atoms with Gasteiger partial charge in [0.25, 0.3) is 0 Å². The topological polar surface area (TPSA) is 114 Å². The van der Waals surface area contributed by atoms with Crippen molar-refractivity contribution in [3.63, 3.8) is 0 Å². The largest absolute Gasteiger partial charge is 1.00 e. The molecule has 1 aromatic carbocycles. The summed E-state index contributed by atoms with van der Waals surface area (Å²) in [6.45, 7) is 0. The fourth-order valence-corrected chi connectivity index (χ4v) is 1.89. The van der Waals surface area contributed by atoms with E-state index in [1.807, 2.05) is 0 Å². The summed E-state index contributed by atoms with van der Waals surface area (Å²) in [6.07, 6.45) is 0. The van der Waals surface area contributed by atoms with E-state index in [1.54, 1.807) is 0 Å². The van der Waals surface area contributed by atoms with Crippen molar-refractivity contribution in [1.82, 2.24) is 0 Å². The molecule has 0 fully saturated rings. The van der Waals surface area contributed by atoms with Gasteiger partial charge in [-0.1, -0.05) is 6.07 Å². The van der Waals surface area contributed by atoms with Crippen LogP contribution in [0.3, 0.4) is 0 Å². The molecule has 0 bridgehead atoms. The Morgan fingerprint density at radius 1 is 0.812 bits per heavy atom. The van der Waals surface area contributed by atoms with E-state index in [1.165, 1.54) is 0 Å². The monoisotopic (exact) mass is 450 g/mol. The summed E-state index contributed by atoms with van der Waals surface area (Å²) in [6, 6.07) is 3.37. The van der Waals surface area contributed by atoms with Crippen LogP contribution in [0.4, 0.5) is 0 Å². The Bertz CT molecular complexity index is 503. The molecule has 0 aliphatic rings. The fraction of sp³-hybridized carbons (Fsp3) is 0. The van der Waals surface area contributed by atoms with Gasteiger partial charge in [0.2, 0.25) is 0 Å². The number of hydrogen-bond acceptors (Lipinski definition) is 6. The van der Waals surface area contributed by atoms with E-state index in [4.69, 9.17) is 0 Å². The van der Waals surface area contributed by atoms with E-state index in [2.05, 4.69) is 0 Å². The second-order valence-electron chi connectivity index (χ2n) is 2.38. The molecule has 98 valence electrons. The third-order valence-electron chi connectivity index (χ3n) is 1.38. The Labute approximate surface area is 124 Å². The van der Waals surface area contributed by atoms with Gasteiger partial charge in [-0.15, -0.1) is 0 Å². The van der Waals surface area contributed by atoms with Crippen molar-refractivity contribution in [3.05, 3.63) is 24.3 Å². The molecule has 0 saturated carbocycles. The molecule has 10 heteroatoms. The molecule has 0 atom stereocenters. The van der Waals surface area contributed by atoms with Gasteiger partial charge in [-0.05, 0) is 18.2 Å². The zero-order valence-electron chi connectivity index (χ0n) is 7.18. The SMILES string of the molecule is O=S(=O)([O-])c1cccc(S(=O)(=O)[O-])c1.[Ag+].[Ag+]. The molecular formula is C6H4Ag2O6S2. The van der Waals surface area contributed by atoms with Crippen LogP contribution in [-0.2, 0) is 65.0 Å². The summed E-state index contributed by atoms with van der Waals surface area (Å²) in [5.74, 6) is 0. The first-order valence-electron chi connectivity index (χ1n) is 3.23. The van der Waals surface area contributed by atoms with Crippen molar-refractivity contribution < 1.29 is 70.7 Å². The minimum Gasteiger partial charge on any atom is -0.744 e. The maximum Gasteiger partial charge on any atom is 1.00 e. The molecule has 0 heterocycles. The van der Waals surface area contributed by atoms with E-state index in [0.717, 1.165) is 18.2 Å². The first-order chi connectivity index (χ1) is 6.21. The first kappa shape index (κ1) is 18.9. The predicted octanol–water partition coefficient (Wildman–Crippen LogP) is -0.510. The number of benzene rings is 1. The minimum atomic E-state index is -4.74. The molecule has 0 spiro atoms. The number of hydrogen-bond donors (Lipinski definition) is 0. The van der Waals surface area contributed by atoms with E-state index in [9.17, 15) is 25.9 Å². The molecule has 0 unspecified atom stereocenters. The maximum absolute atomic E-state index is 10.5. The van der Waals surface area contributed by atoms with Crippen molar-refractivity contribution in [3.8, 4) is 0 Å². The van der Waals surface area contributed by atoms with Crippen molar-refractivity contribution in [2.75, 3.05) is 0 Å². The first-order valence-corrected chi connectivity index (χ1v) is 6.05. The van der Waals surface area contributed by atoms with Gasteiger partial charge in [0, 0.05) is 0 Å². The summed E-state index contributed by atoms with van der Waals surface area (Å²) in [4.78, 5) is -1.48. The molecule has 0 saturated heterocycles. The van der Waals surface area contributed by atoms with Crippen molar-refractivity contribution in [2.45, 2.75) is 9.79 Å². The summed E-state index contributed by atoms with van der Waals surface area (Å²) in [7, 11) is -9.48. The van der Waals surface area contributed by atoms with Crippen LogP contribution in [0.25, 0.3) is 0 Å². The summed E-state index contributed by atoms with van der Waals surface area (Å²) in [5.41, 5.74) is 0. The Morgan fingerprint density at radius 3 is 1.38 bits per heavy atom. The second-order valence-corrected chi connectivity index (χ2v) is 5.14. The van der Waals surface area contributed by atoms with Crippen LogP contribution in [0.5, 0.6) is 0 Å².